The molecule has 0 aliphatic carbocycles. The number of hydrogen-bond acceptors (Lipinski definition) is 4. The molecule has 7 heteroatoms. The van der Waals surface area contributed by atoms with Gasteiger partial charge in [0.2, 0.25) is 5.91 Å². The molecule has 100 valence electrons. The van der Waals surface area contributed by atoms with Gasteiger partial charge in [-0.25, -0.2) is 4.98 Å². The lowest BCUT2D eigenvalue weighted by atomic mass is 10.0. The van der Waals surface area contributed by atoms with Crippen molar-refractivity contribution in [2.45, 2.75) is 25.6 Å². The van der Waals surface area contributed by atoms with E-state index in [0.29, 0.717) is 19.5 Å². The van der Waals surface area contributed by atoms with Crippen LogP contribution in [0.15, 0.2) is 18.7 Å². The Labute approximate surface area is 110 Å². The molecule has 3 N–H and O–H groups in total. The Morgan fingerprint density at radius 3 is 3.32 bits per heavy atom. The van der Waals surface area contributed by atoms with Crippen molar-refractivity contribution in [1.29, 1.82) is 0 Å². The molecule has 0 saturated carbocycles. The SMILES string of the molecule is Cn1cc(CNC(=O)C2Cc3nc[nH]c3CN2)cn1. The maximum atomic E-state index is 12.1. The number of aromatic nitrogens is 4. The van der Waals surface area contributed by atoms with E-state index >= 15 is 0 Å². The third kappa shape index (κ3) is 2.50. The Kier molecular flexibility index (Phi) is 3.04. The Hall–Kier alpha value is -2.15. The van der Waals surface area contributed by atoms with E-state index in [1.54, 1.807) is 17.2 Å². The van der Waals surface area contributed by atoms with E-state index in [2.05, 4.69) is 25.7 Å². The van der Waals surface area contributed by atoms with Crippen LogP contribution in [0.1, 0.15) is 17.0 Å². The lowest BCUT2D eigenvalue weighted by molar-refractivity contribution is -0.123. The van der Waals surface area contributed by atoms with Gasteiger partial charge in [-0.2, -0.15) is 5.10 Å². The van der Waals surface area contributed by atoms with Crippen molar-refractivity contribution in [3.63, 3.8) is 0 Å². The molecule has 3 rings (SSSR count). The zero-order valence-corrected chi connectivity index (χ0v) is 10.7. The van der Waals surface area contributed by atoms with Gasteiger partial charge in [-0.15, -0.1) is 0 Å². The van der Waals surface area contributed by atoms with Crippen molar-refractivity contribution in [2.24, 2.45) is 7.05 Å². The van der Waals surface area contributed by atoms with Gasteiger partial charge in [-0.1, -0.05) is 0 Å². The average Bonchev–Trinajstić information content (AvgIpc) is 3.03. The number of carbonyl (C=O) groups is 1. The average molecular weight is 260 g/mol. The molecule has 0 aromatic carbocycles. The first kappa shape index (κ1) is 11.9. The molecule has 3 heterocycles. The lowest BCUT2D eigenvalue weighted by Gasteiger charge is -2.22. The highest BCUT2D eigenvalue weighted by Gasteiger charge is 2.25. The molecule has 0 bridgehead atoms. The van der Waals surface area contributed by atoms with Crippen LogP contribution >= 0.6 is 0 Å². The standard InChI is InChI=1S/C12H16N6O/c1-18-6-8(4-17-18)3-14-12(19)10-2-9-11(5-13-10)16-7-15-9/h4,6-7,10,13H,2-3,5H2,1H3,(H,14,19)(H,15,16). The number of hydrogen-bond donors (Lipinski definition) is 3. The topological polar surface area (TPSA) is 87.6 Å². The molecule has 1 unspecified atom stereocenters. The smallest absolute Gasteiger partial charge is 0.237 e. The van der Waals surface area contributed by atoms with Crippen molar-refractivity contribution in [2.75, 3.05) is 0 Å². The fourth-order valence-corrected chi connectivity index (χ4v) is 2.23. The number of nitrogens with zero attached hydrogens (tertiary/aromatic N) is 3. The molecule has 0 fully saturated rings. The lowest BCUT2D eigenvalue weighted by Crippen LogP contribution is -2.47. The third-order valence-electron chi connectivity index (χ3n) is 3.27. The van der Waals surface area contributed by atoms with Crippen molar-refractivity contribution in [3.05, 3.63) is 35.7 Å². The fourth-order valence-electron chi connectivity index (χ4n) is 2.23. The third-order valence-corrected chi connectivity index (χ3v) is 3.27. The molecule has 0 spiro atoms. The summed E-state index contributed by atoms with van der Waals surface area (Å²) in [5, 5.41) is 10.2. The summed E-state index contributed by atoms with van der Waals surface area (Å²) in [4.78, 5) is 19.4. The molecule has 1 aliphatic heterocycles. The maximum absolute atomic E-state index is 12.1. The summed E-state index contributed by atoms with van der Waals surface area (Å²) >= 11 is 0. The summed E-state index contributed by atoms with van der Waals surface area (Å²) < 4.78 is 1.72. The summed E-state index contributed by atoms with van der Waals surface area (Å²) in [7, 11) is 1.85. The van der Waals surface area contributed by atoms with E-state index in [0.717, 1.165) is 17.0 Å². The van der Waals surface area contributed by atoms with Gasteiger partial charge in [-0.3, -0.25) is 14.8 Å². The van der Waals surface area contributed by atoms with E-state index in [-0.39, 0.29) is 11.9 Å². The number of fused-ring (bicyclic) bond motifs is 1. The van der Waals surface area contributed by atoms with Crippen molar-refractivity contribution in [1.82, 2.24) is 30.4 Å². The minimum absolute atomic E-state index is 0.00231. The molecule has 2 aromatic heterocycles. The van der Waals surface area contributed by atoms with Gasteiger partial charge in [-0.05, 0) is 0 Å². The first-order chi connectivity index (χ1) is 9.22. The Morgan fingerprint density at radius 1 is 1.63 bits per heavy atom. The van der Waals surface area contributed by atoms with Crippen molar-refractivity contribution >= 4 is 5.91 Å². The number of rotatable bonds is 3. The van der Waals surface area contributed by atoms with Crippen LogP contribution in [0.4, 0.5) is 0 Å². The highest BCUT2D eigenvalue weighted by Crippen LogP contribution is 2.12. The number of amides is 1. The van der Waals surface area contributed by atoms with Gasteiger partial charge in [0.25, 0.3) is 0 Å². The Bertz CT molecular complexity index is 587. The van der Waals surface area contributed by atoms with E-state index in [1.165, 1.54) is 0 Å². The van der Waals surface area contributed by atoms with Crippen molar-refractivity contribution in [3.8, 4) is 0 Å². The number of aryl methyl sites for hydroxylation is 1. The van der Waals surface area contributed by atoms with Crippen LogP contribution in [-0.2, 0) is 31.4 Å². The summed E-state index contributed by atoms with van der Waals surface area (Å²) in [6, 6.07) is -0.215. The van der Waals surface area contributed by atoms with Crippen molar-refractivity contribution < 1.29 is 4.79 Å². The zero-order chi connectivity index (χ0) is 13.2. The molecule has 7 nitrogen and oxygen atoms in total. The van der Waals surface area contributed by atoms with Gasteiger partial charge in [0.15, 0.2) is 0 Å². The molecule has 1 atom stereocenters. The van der Waals surface area contributed by atoms with Crippen LogP contribution in [0.25, 0.3) is 0 Å². The summed E-state index contributed by atoms with van der Waals surface area (Å²) in [6.07, 6.45) is 5.93. The predicted octanol–water partition coefficient (Wildman–Crippen LogP) is -0.526. The molecule has 2 aromatic rings. The molecular formula is C12H16N6O. The van der Waals surface area contributed by atoms with Gasteiger partial charge in [0.1, 0.15) is 0 Å². The van der Waals surface area contributed by atoms with Crippen LogP contribution in [-0.4, -0.2) is 31.7 Å². The second kappa shape index (κ2) is 4.85. The molecule has 0 saturated heterocycles. The molecule has 1 amide bonds. The summed E-state index contributed by atoms with van der Waals surface area (Å²) in [5.74, 6) is -0.00231. The first-order valence-electron chi connectivity index (χ1n) is 6.22. The second-order valence-corrected chi connectivity index (χ2v) is 4.71. The molecule has 0 radical (unpaired) electrons. The fraction of sp³-hybridized carbons (Fsp3) is 0.417. The number of nitrogens with one attached hydrogen (secondary N) is 3. The quantitative estimate of drug-likeness (QED) is 0.692. The van der Waals surface area contributed by atoms with Crippen LogP contribution < -0.4 is 10.6 Å². The number of carbonyl (C=O) groups excluding carboxylic acids is 1. The normalized spacial score (nSPS) is 18.1. The first-order valence-corrected chi connectivity index (χ1v) is 6.22. The minimum Gasteiger partial charge on any atom is -0.351 e. The Morgan fingerprint density at radius 2 is 2.53 bits per heavy atom. The summed E-state index contributed by atoms with van der Waals surface area (Å²) in [5.41, 5.74) is 3.03. The summed E-state index contributed by atoms with van der Waals surface area (Å²) in [6.45, 7) is 1.15. The van der Waals surface area contributed by atoms with Gasteiger partial charge < -0.3 is 10.3 Å². The molecular weight excluding hydrogens is 244 g/mol. The maximum Gasteiger partial charge on any atom is 0.237 e. The van der Waals surface area contributed by atoms with Gasteiger partial charge in [0, 0.05) is 38.3 Å². The highest BCUT2D eigenvalue weighted by atomic mass is 16.2. The van der Waals surface area contributed by atoms with Gasteiger partial charge in [0.05, 0.1) is 30.0 Å². The Balaban J connectivity index is 1.57. The van der Waals surface area contributed by atoms with Crippen LogP contribution in [0.3, 0.4) is 0 Å². The zero-order valence-electron chi connectivity index (χ0n) is 10.7. The largest absolute Gasteiger partial charge is 0.351 e. The number of aromatic amines is 1. The van der Waals surface area contributed by atoms with E-state index in [9.17, 15) is 4.79 Å². The minimum atomic E-state index is -0.215. The second-order valence-electron chi connectivity index (χ2n) is 4.71. The van der Waals surface area contributed by atoms with E-state index < -0.39 is 0 Å². The number of imidazole rings is 1. The monoisotopic (exact) mass is 260 g/mol. The van der Waals surface area contributed by atoms with E-state index in [1.807, 2.05) is 13.2 Å². The van der Waals surface area contributed by atoms with Crippen LogP contribution in [0, 0.1) is 0 Å². The van der Waals surface area contributed by atoms with Gasteiger partial charge >= 0.3 is 0 Å². The molecule has 1 aliphatic rings. The predicted molar refractivity (Wildman–Crippen MR) is 68.0 cm³/mol. The highest BCUT2D eigenvalue weighted by molar-refractivity contribution is 5.82. The van der Waals surface area contributed by atoms with Crippen LogP contribution in [0.2, 0.25) is 0 Å². The van der Waals surface area contributed by atoms with E-state index in [4.69, 9.17) is 0 Å². The molecule has 19 heavy (non-hydrogen) atoms. The number of H-pyrrole nitrogens is 1. The van der Waals surface area contributed by atoms with Crippen LogP contribution in [0.5, 0.6) is 0 Å².